The van der Waals surface area contributed by atoms with Crippen molar-refractivity contribution < 1.29 is 0 Å². The maximum absolute atomic E-state index is 8.74. The predicted octanol–water partition coefficient (Wildman–Crippen LogP) is 2.48. The van der Waals surface area contributed by atoms with Crippen LogP contribution in [0.3, 0.4) is 0 Å². The second-order valence-electron chi connectivity index (χ2n) is 3.09. The first kappa shape index (κ1) is 9.60. The molecule has 0 unspecified atom stereocenters. The summed E-state index contributed by atoms with van der Waals surface area (Å²) in [5, 5.41) is 8.74. The molecule has 1 aromatic rings. The molecule has 2 nitrogen and oxygen atoms in total. The smallest absolute Gasteiger partial charge is 0.101 e. The molecule has 68 valence electrons. The molecule has 13 heavy (non-hydrogen) atoms. The quantitative estimate of drug-likeness (QED) is 0.716. The maximum Gasteiger partial charge on any atom is 0.101 e. The summed E-state index contributed by atoms with van der Waals surface area (Å²) in [7, 11) is 0. The molecule has 2 N–H and O–H groups in total. The van der Waals surface area contributed by atoms with E-state index in [1.807, 2.05) is 12.1 Å². The van der Waals surface area contributed by atoms with E-state index in [0.717, 1.165) is 24.8 Å². The number of nitrogens with two attached hydrogens (primary N) is 1. The summed E-state index contributed by atoms with van der Waals surface area (Å²) in [6.45, 7) is 2.14. The van der Waals surface area contributed by atoms with Gasteiger partial charge in [0.05, 0.1) is 11.3 Å². The number of benzene rings is 1. The number of nitrogens with zero attached hydrogens (tertiary/aromatic N) is 1. The number of nitriles is 1. The number of para-hydroxylation sites is 1. The molecule has 2 heteroatoms. The van der Waals surface area contributed by atoms with Gasteiger partial charge in [-0.05, 0) is 24.5 Å². The van der Waals surface area contributed by atoms with Crippen molar-refractivity contribution in [1.29, 1.82) is 5.26 Å². The van der Waals surface area contributed by atoms with Crippen LogP contribution < -0.4 is 5.73 Å². The Kier molecular flexibility index (Phi) is 3.33. The second-order valence-corrected chi connectivity index (χ2v) is 3.09. The predicted molar refractivity (Wildman–Crippen MR) is 54.2 cm³/mol. The molecule has 0 saturated heterocycles. The van der Waals surface area contributed by atoms with Crippen LogP contribution in [0.1, 0.15) is 30.9 Å². The molecule has 0 aliphatic rings. The highest BCUT2D eigenvalue weighted by Gasteiger charge is 2.02. The van der Waals surface area contributed by atoms with E-state index < -0.39 is 0 Å². The molecular weight excluding hydrogens is 160 g/mol. The van der Waals surface area contributed by atoms with Crippen molar-refractivity contribution in [1.82, 2.24) is 0 Å². The highest BCUT2D eigenvalue weighted by atomic mass is 14.6. The van der Waals surface area contributed by atoms with E-state index in [1.165, 1.54) is 0 Å². The van der Waals surface area contributed by atoms with Crippen molar-refractivity contribution >= 4 is 5.69 Å². The molecule has 0 amide bonds. The van der Waals surface area contributed by atoms with E-state index in [-0.39, 0.29) is 0 Å². The molecule has 0 bridgehead atoms. The SMILES string of the molecule is CCCCc1cccc(C#N)c1N. The molecule has 0 saturated carbocycles. The summed E-state index contributed by atoms with van der Waals surface area (Å²) in [6.07, 6.45) is 3.24. The van der Waals surface area contributed by atoms with Gasteiger partial charge >= 0.3 is 0 Å². The molecule has 0 heterocycles. The van der Waals surface area contributed by atoms with Gasteiger partial charge in [0, 0.05) is 0 Å². The van der Waals surface area contributed by atoms with Gasteiger partial charge in [0.25, 0.3) is 0 Å². The zero-order valence-corrected chi connectivity index (χ0v) is 7.88. The Morgan fingerprint density at radius 1 is 1.46 bits per heavy atom. The van der Waals surface area contributed by atoms with Crippen molar-refractivity contribution in [2.75, 3.05) is 5.73 Å². The third kappa shape index (κ3) is 2.22. The van der Waals surface area contributed by atoms with Crippen LogP contribution in [0.2, 0.25) is 0 Å². The number of hydrogen-bond donors (Lipinski definition) is 1. The van der Waals surface area contributed by atoms with Gasteiger partial charge in [0.15, 0.2) is 0 Å². The number of rotatable bonds is 3. The van der Waals surface area contributed by atoms with Gasteiger partial charge in [0.2, 0.25) is 0 Å². The maximum atomic E-state index is 8.74. The van der Waals surface area contributed by atoms with E-state index in [4.69, 9.17) is 11.0 Å². The summed E-state index contributed by atoms with van der Waals surface area (Å²) in [5.74, 6) is 0. The Morgan fingerprint density at radius 3 is 2.85 bits per heavy atom. The normalized spacial score (nSPS) is 9.54. The van der Waals surface area contributed by atoms with Crippen LogP contribution in [0.4, 0.5) is 5.69 Å². The molecule has 0 aliphatic heterocycles. The largest absolute Gasteiger partial charge is 0.397 e. The van der Waals surface area contributed by atoms with Gasteiger partial charge in [-0.3, -0.25) is 0 Å². The molecule has 0 aliphatic carbocycles. The lowest BCUT2D eigenvalue weighted by atomic mass is 10.0. The number of nitrogen functional groups attached to an aromatic ring is 1. The Morgan fingerprint density at radius 2 is 2.23 bits per heavy atom. The van der Waals surface area contributed by atoms with E-state index in [0.29, 0.717) is 11.3 Å². The molecule has 0 aromatic heterocycles. The van der Waals surface area contributed by atoms with Crippen LogP contribution in [-0.4, -0.2) is 0 Å². The Bertz CT molecular complexity index is 323. The van der Waals surface area contributed by atoms with Gasteiger partial charge < -0.3 is 5.73 Å². The van der Waals surface area contributed by atoms with Crippen molar-refractivity contribution in [3.05, 3.63) is 29.3 Å². The van der Waals surface area contributed by atoms with Crippen molar-refractivity contribution in [2.24, 2.45) is 0 Å². The molecule has 0 atom stereocenters. The van der Waals surface area contributed by atoms with Crippen LogP contribution in [0.15, 0.2) is 18.2 Å². The van der Waals surface area contributed by atoms with Gasteiger partial charge in [-0.25, -0.2) is 0 Å². The fraction of sp³-hybridized carbons (Fsp3) is 0.364. The highest BCUT2D eigenvalue weighted by Crippen LogP contribution is 2.18. The minimum Gasteiger partial charge on any atom is -0.397 e. The molecule has 1 rings (SSSR count). The standard InChI is InChI=1S/C11H14N2/c1-2-3-5-9-6-4-7-10(8-12)11(9)13/h4,6-7H,2-3,5,13H2,1H3. The number of unbranched alkanes of at least 4 members (excludes halogenated alkanes) is 1. The lowest BCUT2D eigenvalue weighted by Crippen LogP contribution is -1.97. The van der Waals surface area contributed by atoms with Crippen molar-refractivity contribution in [2.45, 2.75) is 26.2 Å². The first-order valence-electron chi connectivity index (χ1n) is 4.57. The first-order chi connectivity index (χ1) is 6.29. The van der Waals surface area contributed by atoms with Crippen LogP contribution in [0, 0.1) is 11.3 Å². The van der Waals surface area contributed by atoms with Crippen LogP contribution in [0.5, 0.6) is 0 Å². The fourth-order valence-electron chi connectivity index (χ4n) is 1.30. The van der Waals surface area contributed by atoms with E-state index >= 15 is 0 Å². The average Bonchev–Trinajstić information content (AvgIpc) is 2.16. The third-order valence-corrected chi connectivity index (χ3v) is 2.12. The molecule has 0 radical (unpaired) electrons. The molecule has 0 spiro atoms. The second kappa shape index (κ2) is 4.51. The molecular formula is C11H14N2. The van der Waals surface area contributed by atoms with Crippen LogP contribution >= 0.6 is 0 Å². The van der Waals surface area contributed by atoms with Gasteiger partial charge in [-0.15, -0.1) is 0 Å². The van der Waals surface area contributed by atoms with Gasteiger partial charge in [-0.1, -0.05) is 25.5 Å². The number of hydrogen-bond acceptors (Lipinski definition) is 2. The highest BCUT2D eigenvalue weighted by molar-refractivity contribution is 5.59. The Labute approximate surface area is 79.0 Å². The summed E-state index contributed by atoms with van der Waals surface area (Å²) >= 11 is 0. The third-order valence-electron chi connectivity index (χ3n) is 2.12. The topological polar surface area (TPSA) is 49.8 Å². The van der Waals surface area contributed by atoms with Crippen LogP contribution in [0.25, 0.3) is 0 Å². The van der Waals surface area contributed by atoms with Gasteiger partial charge in [-0.2, -0.15) is 5.26 Å². The number of aryl methyl sites for hydroxylation is 1. The monoisotopic (exact) mass is 174 g/mol. The van der Waals surface area contributed by atoms with Crippen molar-refractivity contribution in [3.8, 4) is 6.07 Å². The minimum absolute atomic E-state index is 0.591. The van der Waals surface area contributed by atoms with E-state index in [9.17, 15) is 0 Å². The average molecular weight is 174 g/mol. The minimum atomic E-state index is 0.591. The fourth-order valence-corrected chi connectivity index (χ4v) is 1.30. The van der Waals surface area contributed by atoms with Crippen molar-refractivity contribution in [3.63, 3.8) is 0 Å². The zero-order valence-electron chi connectivity index (χ0n) is 7.88. The van der Waals surface area contributed by atoms with Crippen LogP contribution in [-0.2, 0) is 6.42 Å². The first-order valence-corrected chi connectivity index (χ1v) is 4.57. The Hall–Kier alpha value is -1.49. The lowest BCUT2D eigenvalue weighted by Gasteiger charge is -2.05. The molecule has 1 aromatic carbocycles. The van der Waals surface area contributed by atoms with Gasteiger partial charge in [0.1, 0.15) is 6.07 Å². The lowest BCUT2D eigenvalue weighted by molar-refractivity contribution is 0.796. The summed E-state index contributed by atoms with van der Waals surface area (Å²) in [4.78, 5) is 0. The molecule has 0 fully saturated rings. The summed E-state index contributed by atoms with van der Waals surface area (Å²) in [6, 6.07) is 7.72. The summed E-state index contributed by atoms with van der Waals surface area (Å²) < 4.78 is 0. The van der Waals surface area contributed by atoms with E-state index in [2.05, 4.69) is 13.0 Å². The Balaban J connectivity index is 2.90. The number of anilines is 1. The zero-order chi connectivity index (χ0) is 9.68. The summed E-state index contributed by atoms with van der Waals surface area (Å²) in [5.41, 5.74) is 8.15. The van der Waals surface area contributed by atoms with E-state index in [1.54, 1.807) is 6.07 Å².